The zero-order valence-electron chi connectivity index (χ0n) is 7.50. The topological polar surface area (TPSA) is 65.4 Å². The van der Waals surface area contributed by atoms with E-state index in [-0.39, 0.29) is 18.5 Å². The summed E-state index contributed by atoms with van der Waals surface area (Å²) in [6.07, 6.45) is -0.330. The van der Waals surface area contributed by atoms with E-state index in [0.717, 1.165) is 0 Å². The molecule has 0 saturated carbocycles. The van der Waals surface area contributed by atoms with E-state index in [1.165, 1.54) is 4.90 Å². The van der Waals surface area contributed by atoms with Crippen molar-refractivity contribution < 1.29 is 9.53 Å². The number of hydrogen-bond acceptors (Lipinski definition) is 3. The Hall–Kier alpha value is -0.970. The highest BCUT2D eigenvalue weighted by Gasteiger charge is 2.19. The molecule has 1 amide bonds. The number of amidine groups is 1. The van der Waals surface area contributed by atoms with E-state index < -0.39 is 0 Å². The van der Waals surface area contributed by atoms with Gasteiger partial charge in [0.2, 0.25) is 0 Å². The normalized spacial score (nSPS) is 15.8. The van der Waals surface area contributed by atoms with E-state index in [1.54, 1.807) is 6.92 Å². The lowest BCUT2D eigenvalue weighted by Gasteiger charge is -2.27. The SMILES string of the molecule is CCOC(=O)N1CCNC(=N)C1.Cl. The Morgan fingerprint density at radius 2 is 2.46 bits per heavy atom. The van der Waals surface area contributed by atoms with E-state index in [1.807, 2.05) is 0 Å². The van der Waals surface area contributed by atoms with Crippen molar-refractivity contribution in [3.05, 3.63) is 0 Å². The molecule has 0 atom stereocenters. The first-order valence-corrected chi connectivity index (χ1v) is 3.97. The number of carbonyl (C=O) groups excluding carboxylic acids is 1. The molecule has 1 heterocycles. The third kappa shape index (κ3) is 3.50. The molecule has 1 rings (SSSR count). The largest absolute Gasteiger partial charge is 0.450 e. The lowest BCUT2D eigenvalue weighted by molar-refractivity contribution is 0.111. The zero-order chi connectivity index (χ0) is 8.97. The standard InChI is InChI=1S/C7H13N3O2.ClH/c1-2-12-7(11)10-4-3-9-6(8)5-10;/h2-5H2,1H3,(H2,8,9);1H. The van der Waals surface area contributed by atoms with Crippen molar-refractivity contribution in [2.24, 2.45) is 0 Å². The van der Waals surface area contributed by atoms with E-state index in [4.69, 9.17) is 10.1 Å². The second-order valence-corrected chi connectivity index (χ2v) is 2.53. The Balaban J connectivity index is 0.00000144. The predicted molar refractivity (Wildman–Crippen MR) is 51.6 cm³/mol. The van der Waals surface area contributed by atoms with Crippen LogP contribution in [0, 0.1) is 5.41 Å². The van der Waals surface area contributed by atoms with Gasteiger partial charge in [-0.2, -0.15) is 0 Å². The maximum Gasteiger partial charge on any atom is 0.410 e. The molecule has 0 spiro atoms. The predicted octanol–water partition coefficient (Wildman–Crippen LogP) is 0.447. The molecule has 5 nitrogen and oxygen atoms in total. The van der Waals surface area contributed by atoms with Gasteiger partial charge in [0.15, 0.2) is 0 Å². The monoisotopic (exact) mass is 207 g/mol. The van der Waals surface area contributed by atoms with Crippen LogP contribution in [-0.4, -0.2) is 43.1 Å². The molecule has 0 aromatic rings. The third-order valence-corrected chi connectivity index (χ3v) is 1.60. The summed E-state index contributed by atoms with van der Waals surface area (Å²) in [6.45, 7) is 3.74. The highest BCUT2D eigenvalue weighted by atomic mass is 35.5. The summed E-state index contributed by atoms with van der Waals surface area (Å²) in [5, 5.41) is 10.1. The number of carbonyl (C=O) groups is 1. The summed E-state index contributed by atoms with van der Waals surface area (Å²) in [5.74, 6) is 0.370. The van der Waals surface area contributed by atoms with Crippen molar-refractivity contribution >= 4 is 24.3 Å². The summed E-state index contributed by atoms with van der Waals surface area (Å²) in [6, 6.07) is 0. The van der Waals surface area contributed by atoms with Crippen LogP contribution in [0.25, 0.3) is 0 Å². The van der Waals surface area contributed by atoms with Gasteiger partial charge in [0.1, 0.15) is 5.84 Å². The van der Waals surface area contributed by atoms with E-state index in [2.05, 4.69) is 5.32 Å². The number of amides is 1. The second kappa shape index (κ2) is 5.64. The van der Waals surface area contributed by atoms with E-state index in [9.17, 15) is 4.79 Å². The number of nitrogens with zero attached hydrogens (tertiary/aromatic N) is 1. The van der Waals surface area contributed by atoms with Gasteiger partial charge in [-0.05, 0) is 6.92 Å². The minimum Gasteiger partial charge on any atom is -0.450 e. The fourth-order valence-electron chi connectivity index (χ4n) is 1.04. The van der Waals surface area contributed by atoms with Crippen molar-refractivity contribution in [3.63, 3.8) is 0 Å². The summed E-state index contributed by atoms with van der Waals surface area (Å²) in [5.41, 5.74) is 0. The molecule has 0 bridgehead atoms. The van der Waals surface area contributed by atoms with Gasteiger partial charge in [0.05, 0.1) is 13.2 Å². The maximum atomic E-state index is 11.1. The molecule has 0 aliphatic carbocycles. The van der Waals surface area contributed by atoms with Crippen LogP contribution >= 0.6 is 12.4 Å². The van der Waals surface area contributed by atoms with Crippen molar-refractivity contribution in [2.45, 2.75) is 6.92 Å². The summed E-state index contributed by atoms with van der Waals surface area (Å²) in [4.78, 5) is 12.6. The number of nitrogens with one attached hydrogen (secondary N) is 2. The first-order valence-electron chi connectivity index (χ1n) is 3.97. The zero-order valence-corrected chi connectivity index (χ0v) is 8.32. The minimum atomic E-state index is -0.330. The highest BCUT2D eigenvalue weighted by Crippen LogP contribution is 1.96. The molecule has 6 heteroatoms. The Bertz CT molecular complexity index is 198. The molecule has 1 aliphatic rings. The van der Waals surface area contributed by atoms with Crippen molar-refractivity contribution in [3.8, 4) is 0 Å². The lowest BCUT2D eigenvalue weighted by Crippen LogP contribution is -2.49. The molecule has 13 heavy (non-hydrogen) atoms. The van der Waals surface area contributed by atoms with Crippen LogP contribution in [0.1, 0.15) is 6.92 Å². The minimum absolute atomic E-state index is 0. The molecule has 1 aliphatic heterocycles. The third-order valence-electron chi connectivity index (χ3n) is 1.60. The van der Waals surface area contributed by atoms with Crippen LogP contribution in [0.4, 0.5) is 4.79 Å². The number of halogens is 1. The Morgan fingerprint density at radius 3 is 3.00 bits per heavy atom. The second-order valence-electron chi connectivity index (χ2n) is 2.53. The summed E-state index contributed by atoms with van der Waals surface area (Å²) < 4.78 is 4.79. The molecule has 0 radical (unpaired) electrons. The molecule has 0 unspecified atom stereocenters. The van der Waals surface area contributed by atoms with Gasteiger partial charge in [0, 0.05) is 13.1 Å². The molecule has 1 saturated heterocycles. The Morgan fingerprint density at radius 1 is 1.77 bits per heavy atom. The first-order chi connectivity index (χ1) is 5.74. The van der Waals surface area contributed by atoms with Crippen LogP contribution in [0.3, 0.4) is 0 Å². The van der Waals surface area contributed by atoms with Gasteiger partial charge in [-0.15, -0.1) is 12.4 Å². The average Bonchev–Trinajstić information content (AvgIpc) is 2.05. The molecule has 1 fully saturated rings. The van der Waals surface area contributed by atoms with Crippen molar-refractivity contribution in [2.75, 3.05) is 26.2 Å². The van der Waals surface area contributed by atoms with Crippen LogP contribution in [0.2, 0.25) is 0 Å². The van der Waals surface area contributed by atoms with Crippen LogP contribution in [0.5, 0.6) is 0 Å². The quantitative estimate of drug-likeness (QED) is 0.656. The first kappa shape index (κ1) is 12.0. The van der Waals surface area contributed by atoms with Gasteiger partial charge in [-0.1, -0.05) is 0 Å². The van der Waals surface area contributed by atoms with Crippen molar-refractivity contribution in [1.82, 2.24) is 10.2 Å². The van der Waals surface area contributed by atoms with Crippen LogP contribution < -0.4 is 5.32 Å². The highest BCUT2D eigenvalue weighted by molar-refractivity contribution is 5.85. The average molecular weight is 208 g/mol. The molecular formula is C7H14ClN3O2. The fraction of sp³-hybridized carbons (Fsp3) is 0.714. The van der Waals surface area contributed by atoms with Gasteiger partial charge in [-0.3, -0.25) is 10.3 Å². The molecule has 0 aromatic carbocycles. The fourth-order valence-corrected chi connectivity index (χ4v) is 1.04. The van der Waals surface area contributed by atoms with E-state index >= 15 is 0 Å². The molecule has 0 aromatic heterocycles. The number of hydrogen-bond donors (Lipinski definition) is 2. The molecule has 76 valence electrons. The Kier molecular flexibility index (Phi) is 5.22. The van der Waals surface area contributed by atoms with E-state index in [0.29, 0.717) is 32.1 Å². The van der Waals surface area contributed by atoms with Gasteiger partial charge >= 0.3 is 6.09 Å². The number of piperazine rings is 1. The Labute approximate surface area is 83.3 Å². The number of ether oxygens (including phenoxy) is 1. The van der Waals surface area contributed by atoms with Gasteiger partial charge in [0.25, 0.3) is 0 Å². The summed E-state index contributed by atoms with van der Waals surface area (Å²) in [7, 11) is 0. The molecule has 2 N–H and O–H groups in total. The van der Waals surface area contributed by atoms with Crippen LogP contribution in [-0.2, 0) is 4.74 Å². The number of rotatable bonds is 1. The van der Waals surface area contributed by atoms with Crippen molar-refractivity contribution in [1.29, 1.82) is 5.41 Å². The van der Waals surface area contributed by atoms with Gasteiger partial charge < -0.3 is 10.1 Å². The summed E-state index contributed by atoms with van der Waals surface area (Å²) >= 11 is 0. The molecular weight excluding hydrogens is 194 g/mol. The lowest BCUT2D eigenvalue weighted by atomic mass is 10.4. The van der Waals surface area contributed by atoms with Gasteiger partial charge in [-0.25, -0.2) is 4.79 Å². The maximum absolute atomic E-state index is 11.1. The smallest absolute Gasteiger partial charge is 0.410 e. The van der Waals surface area contributed by atoms with Crippen LogP contribution in [0.15, 0.2) is 0 Å².